The van der Waals surface area contributed by atoms with Crippen molar-refractivity contribution in [1.29, 1.82) is 0 Å². The molecule has 0 saturated heterocycles. The molecule has 18 heavy (non-hydrogen) atoms. The Bertz CT molecular complexity index is 548. The maximum atomic E-state index is 4.65. The Morgan fingerprint density at radius 2 is 1.78 bits per heavy atom. The summed E-state index contributed by atoms with van der Waals surface area (Å²) in [6.45, 7) is 0. The molecule has 1 atom stereocenters. The first-order valence-corrected chi connectivity index (χ1v) is 6.10. The number of rotatable bonds is 2. The van der Waals surface area contributed by atoms with Gasteiger partial charge in [-0.25, -0.2) is 0 Å². The molecule has 3 rings (SSSR count). The molecule has 0 N–H and O–H groups in total. The van der Waals surface area contributed by atoms with E-state index >= 15 is 0 Å². The highest BCUT2D eigenvalue weighted by atomic mass is 15.5. The van der Waals surface area contributed by atoms with Gasteiger partial charge >= 0.3 is 0 Å². The van der Waals surface area contributed by atoms with Gasteiger partial charge < -0.3 is 0 Å². The average molecular weight is 237 g/mol. The Hall–Kier alpha value is -2.16. The molecule has 1 aromatic carbocycles. The lowest BCUT2D eigenvalue weighted by atomic mass is 9.99. The van der Waals surface area contributed by atoms with Gasteiger partial charge in [0.2, 0.25) is 0 Å². The van der Waals surface area contributed by atoms with Crippen molar-refractivity contribution in [3.8, 4) is 0 Å². The van der Waals surface area contributed by atoms with Crippen LogP contribution in [0.4, 0.5) is 0 Å². The fourth-order valence-electron chi connectivity index (χ4n) is 2.34. The van der Waals surface area contributed by atoms with Crippen LogP contribution in [0.2, 0.25) is 0 Å². The molecule has 1 aliphatic rings. The highest BCUT2D eigenvalue weighted by molar-refractivity contribution is 6.01. The third-order valence-electron chi connectivity index (χ3n) is 3.31. The maximum Gasteiger partial charge on any atom is 0.0774 e. The van der Waals surface area contributed by atoms with Gasteiger partial charge in [0.15, 0.2) is 0 Å². The first-order chi connectivity index (χ1) is 8.84. The fourth-order valence-corrected chi connectivity index (χ4v) is 2.34. The molecule has 0 bridgehead atoms. The summed E-state index contributed by atoms with van der Waals surface area (Å²) in [5.41, 5.74) is 3.63. The summed E-state index contributed by atoms with van der Waals surface area (Å²) in [5.74, 6) is 0. The number of aromatic nitrogens is 1. The molecular weight excluding hydrogens is 222 g/mol. The van der Waals surface area contributed by atoms with Gasteiger partial charge in [0.1, 0.15) is 0 Å². The number of nitrogens with zero attached hydrogens (tertiary/aromatic N) is 3. The van der Waals surface area contributed by atoms with Crippen molar-refractivity contribution < 1.29 is 0 Å². The molecule has 1 unspecified atom stereocenters. The van der Waals surface area contributed by atoms with E-state index in [1.165, 1.54) is 11.1 Å². The van der Waals surface area contributed by atoms with Crippen molar-refractivity contribution in [2.75, 3.05) is 7.05 Å². The number of hydrazone groups is 1. The molecule has 0 saturated carbocycles. The normalized spacial score (nSPS) is 18.8. The molecule has 3 heteroatoms. The third kappa shape index (κ3) is 1.99. The molecule has 2 heterocycles. The smallest absolute Gasteiger partial charge is 0.0774 e. The third-order valence-corrected chi connectivity index (χ3v) is 3.31. The van der Waals surface area contributed by atoms with Crippen LogP contribution >= 0.6 is 0 Å². The summed E-state index contributed by atoms with van der Waals surface area (Å²) < 4.78 is 0. The average Bonchev–Trinajstić information content (AvgIpc) is 2.83. The van der Waals surface area contributed by atoms with E-state index in [2.05, 4.69) is 46.5 Å². The first kappa shape index (κ1) is 11.0. The van der Waals surface area contributed by atoms with Gasteiger partial charge in [0, 0.05) is 25.9 Å². The van der Waals surface area contributed by atoms with Gasteiger partial charge in [0.25, 0.3) is 0 Å². The Balaban J connectivity index is 1.85. The maximum absolute atomic E-state index is 4.65. The number of benzene rings is 1. The summed E-state index contributed by atoms with van der Waals surface area (Å²) in [5, 5.41) is 6.69. The van der Waals surface area contributed by atoms with Crippen LogP contribution in [0.1, 0.15) is 23.6 Å². The molecule has 90 valence electrons. The standard InChI is InChI=1S/C15H15N3/c1-18-15(13-7-9-16-10-8-13)11-14(17-18)12-5-3-2-4-6-12/h2-10,15H,11H2,1H3. The Morgan fingerprint density at radius 3 is 2.50 bits per heavy atom. The molecule has 0 fully saturated rings. The lowest BCUT2D eigenvalue weighted by molar-refractivity contribution is 0.290. The van der Waals surface area contributed by atoms with Gasteiger partial charge in [-0.3, -0.25) is 9.99 Å². The number of pyridine rings is 1. The zero-order valence-corrected chi connectivity index (χ0v) is 10.3. The zero-order valence-electron chi connectivity index (χ0n) is 10.3. The van der Waals surface area contributed by atoms with Crippen molar-refractivity contribution in [2.24, 2.45) is 5.10 Å². The van der Waals surface area contributed by atoms with Gasteiger partial charge in [-0.15, -0.1) is 0 Å². The molecular formula is C15H15N3. The second-order valence-corrected chi connectivity index (χ2v) is 4.49. The summed E-state index contributed by atoms with van der Waals surface area (Å²) in [6, 6.07) is 14.8. The number of hydrogen-bond acceptors (Lipinski definition) is 3. The summed E-state index contributed by atoms with van der Waals surface area (Å²) in [6.07, 6.45) is 4.62. The summed E-state index contributed by atoms with van der Waals surface area (Å²) in [4.78, 5) is 4.06. The minimum absolute atomic E-state index is 0.322. The van der Waals surface area contributed by atoms with Crippen molar-refractivity contribution in [2.45, 2.75) is 12.5 Å². The zero-order chi connectivity index (χ0) is 12.4. The van der Waals surface area contributed by atoms with E-state index in [9.17, 15) is 0 Å². The van der Waals surface area contributed by atoms with E-state index in [0.29, 0.717) is 6.04 Å². The summed E-state index contributed by atoms with van der Waals surface area (Å²) >= 11 is 0. The molecule has 3 nitrogen and oxygen atoms in total. The Labute approximate surface area is 107 Å². The van der Waals surface area contributed by atoms with E-state index in [0.717, 1.165) is 12.1 Å². The van der Waals surface area contributed by atoms with Crippen LogP contribution in [0.15, 0.2) is 60.0 Å². The fraction of sp³-hybridized carbons (Fsp3) is 0.200. The van der Waals surface area contributed by atoms with Crippen molar-refractivity contribution >= 4 is 5.71 Å². The monoisotopic (exact) mass is 237 g/mol. The van der Waals surface area contributed by atoms with Crippen LogP contribution in [0.5, 0.6) is 0 Å². The summed E-state index contributed by atoms with van der Waals surface area (Å²) in [7, 11) is 2.03. The lowest BCUT2D eigenvalue weighted by Gasteiger charge is -2.18. The first-order valence-electron chi connectivity index (χ1n) is 6.10. The van der Waals surface area contributed by atoms with E-state index in [4.69, 9.17) is 0 Å². The lowest BCUT2D eigenvalue weighted by Crippen LogP contribution is -2.13. The van der Waals surface area contributed by atoms with Crippen molar-refractivity contribution in [1.82, 2.24) is 9.99 Å². The Kier molecular flexibility index (Phi) is 2.81. The molecule has 2 aromatic rings. The largest absolute Gasteiger partial charge is 0.292 e. The minimum atomic E-state index is 0.322. The van der Waals surface area contributed by atoms with Crippen LogP contribution in [-0.4, -0.2) is 22.8 Å². The van der Waals surface area contributed by atoms with Crippen LogP contribution in [0, 0.1) is 0 Å². The number of hydrogen-bond donors (Lipinski definition) is 0. The van der Waals surface area contributed by atoms with E-state index in [1.807, 2.05) is 30.5 Å². The SMILES string of the molecule is CN1N=C(c2ccccc2)CC1c1ccncc1. The van der Waals surface area contributed by atoms with Crippen LogP contribution in [0.25, 0.3) is 0 Å². The van der Waals surface area contributed by atoms with E-state index in [-0.39, 0.29) is 0 Å². The second kappa shape index (κ2) is 4.61. The Morgan fingerprint density at radius 1 is 1.06 bits per heavy atom. The van der Waals surface area contributed by atoms with Crippen LogP contribution in [0.3, 0.4) is 0 Å². The molecule has 0 aliphatic carbocycles. The van der Waals surface area contributed by atoms with Gasteiger partial charge in [-0.1, -0.05) is 30.3 Å². The molecule has 0 radical (unpaired) electrons. The molecule has 0 amide bonds. The predicted octanol–water partition coefficient (Wildman–Crippen LogP) is 2.86. The minimum Gasteiger partial charge on any atom is -0.292 e. The molecule has 1 aliphatic heterocycles. The molecule has 0 spiro atoms. The van der Waals surface area contributed by atoms with Gasteiger partial charge in [-0.2, -0.15) is 5.10 Å². The van der Waals surface area contributed by atoms with Crippen molar-refractivity contribution in [3.63, 3.8) is 0 Å². The highest BCUT2D eigenvalue weighted by Crippen LogP contribution is 2.30. The van der Waals surface area contributed by atoms with E-state index in [1.54, 1.807) is 0 Å². The van der Waals surface area contributed by atoms with Crippen molar-refractivity contribution in [3.05, 3.63) is 66.0 Å². The van der Waals surface area contributed by atoms with Crippen LogP contribution < -0.4 is 0 Å². The van der Waals surface area contributed by atoms with Gasteiger partial charge in [0.05, 0.1) is 11.8 Å². The van der Waals surface area contributed by atoms with Gasteiger partial charge in [-0.05, 0) is 23.3 Å². The van der Waals surface area contributed by atoms with Crippen LogP contribution in [-0.2, 0) is 0 Å². The van der Waals surface area contributed by atoms with E-state index < -0.39 is 0 Å². The topological polar surface area (TPSA) is 28.5 Å². The highest BCUT2D eigenvalue weighted by Gasteiger charge is 2.25. The molecule has 1 aromatic heterocycles. The second-order valence-electron chi connectivity index (χ2n) is 4.49. The quantitative estimate of drug-likeness (QED) is 0.803. The predicted molar refractivity (Wildman–Crippen MR) is 72.3 cm³/mol.